The Kier molecular flexibility index (Phi) is 3.91. The van der Waals surface area contributed by atoms with Gasteiger partial charge in [0.25, 0.3) is 0 Å². The Morgan fingerprint density at radius 3 is 3.00 bits per heavy atom. The van der Waals surface area contributed by atoms with E-state index in [9.17, 15) is 10.1 Å². The Labute approximate surface area is 113 Å². The molecule has 0 saturated heterocycles. The van der Waals surface area contributed by atoms with Gasteiger partial charge in [-0.15, -0.1) is 0 Å². The first-order chi connectivity index (χ1) is 9.11. The van der Waals surface area contributed by atoms with Crippen LogP contribution >= 0.6 is 11.6 Å². The van der Waals surface area contributed by atoms with Gasteiger partial charge in [-0.25, -0.2) is 4.98 Å². The van der Waals surface area contributed by atoms with E-state index in [1.54, 1.807) is 10.9 Å². The van der Waals surface area contributed by atoms with Gasteiger partial charge < -0.3 is 4.74 Å². The van der Waals surface area contributed by atoms with Gasteiger partial charge in [0.05, 0.1) is 17.3 Å². The molecule has 2 heterocycles. The summed E-state index contributed by atoms with van der Waals surface area (Å²) in [6, 6.07) is 0. The van der Waals surface area contributed by atoms with E-state index in [4.69, 9.17) is 16.3 Å². The molecule has 2 rings (SSSR count). The second-order valence-corrected chi connectivity index (χ2v) is 3.97. The highest BCUT2D eigenvalue weighted by molar-refractivity contribution is 6.31. The van der Waals surface area contributed by atoms with E-state index >= 15 is 0 Å². The minimum Gasteiger partial charge on any atom is -0.430 e. The van der Waals surface area contributed by atoms with Crippen molar-refractivity contribution in [2.24, 2.45) is 0 Å². The average molecular weight is 284 g/mol. The van der Waals surface area contributed by atoms with Gasteiger partial charge in [0.2, 0.25) is 5.15 Å². The molecule has 0 atom stereocenters. The Bertz CT molecular complexity index is 601. The van der Waals surface area contributed by atoms with E-state index < -0.39 is 10.6 Å². The molecule has 9 heteroatoms. The molecule has 0 aliphatic rings. The van der Waals surface area contributed by atoms with E-state index in [-0.39, 0.29) is 11.0 Å². The molecule has 0 spiro atoms. The molecule has 0 aliphatic heterocycles. The molecule has 0 aliphatic carbocycles. The smallest absolute Gasteiger partial charge is 0.368 e. The van der Waals surface area contributed by atoms with Crippen molar-refractivity contribution in [2.75, 3.05) is 0 Å². The van der Waals surface area contributed by atoms with Gasteiger partial charge in [0, 0.05) is 6.54 Å². The highest BCUT2D eigenvalue weighted by atomic mass is 35.5. The molecule has 0 bridgehead atoms. The Morgan fingerprint density at radius 1 is 1.53 bits per heavy atom. The predicted octanol–water partition coefficient (Wildman–Crippen LogP) is 2.44. The van der Waals surface area contributed by atoms with Crippen LogP contribution < -0.4 is 4.74 Å². The van der Waals surface area contributed by atoms with Crippen LogP contribution in [0.3, 0.4) is 0 Å². The third-order valence-electron chi connectivity index (χ3n) is 2.20. The van der Waals surface area contributed by atoms with E-state index in [1.165, 1.54) is 6.20 Å². The number of aromatic nitrogens is 4. The molecule has 100 valence electrons. The minimum absolute atomic E-state index is 0.207. The Morgan fingerprint density at radius 2 is 2.32 bits per heavy atom. The molecule has 19 heavy (non-hydrogen) atoms. The Hall–Kier alpha value is -2.22. The number of nitro groups is 1. The van der Waals surface area contributed by atoms with Crippen LogP contribution in [0.5, 0.6) is 11.6 Å². The highest BCUT2D eigenvalue weighted by Gasteiger charge is 2.23. The fraction of sp³-hybridized carbons (Fsp3) is 0.300. The summed E-state index contributed by atoms with van der Waals surface area (Å²) in [6.07, 6.45) is 5.10. The van der Waals surface area contributed by atoms with Gasteiger partial charge in [-0.1, -0.05) is 18.5 Å². The van der Waals surface area contributed by atoms with Crippen LogP contribution in [0.25, 0.3) is 0 Å². The summed E-state index contributed by atoms with van der Waals surface area (Å²) >= 11 is 5.65. The highest BCUT2D eigenvalue weighted by Crippen LogP contribution is 2.33. The molecule has 0 amide bonds. The number of aryl methyl sites for hydroxylation is 1. The lowest BCUT2D eigenvalue weighted by Gasteiger charge is -2.02. The maximum Gasteiger partial charge on any atom is 0.368 e. The molecule has 0 radical (unpaired) electrons. The zero-order valence-corrected chi connectivity index (χ0v) is 10.7. The topological polar surface area (TPSA) is 96.0 Å². The predicted molar refractivity (Wildman–Crippen MR) is 66.3 cm³/mol. The maximum absolute atomic E-state index is 10.9. The number of halogens is 1. The van der Waals surface area contributed by atoms with Gasteiger partial charge in [-0.3, -0.25) is 14.8 Å². The van der Waals surface area contributed by atoms with Gasteiger partial charge >= 0.3 is 11.6 Å². The second-order valence-electron chi connectivity index (χ2n) is 3.62. The van der Waals surface area contributed by atoms with Crippen molar-refractivity contribution in [1.82, 2.24) is 19.7 Å². The fourth-order valence-electron chi connectivity index (χ4n) is 1.43. The van der Waals surface area contributed by atoms with Crippen molar-refractivity contribution in [2.45, 2.75) is 19.9 Å². The third-order valence-corrected chi connectivity index (χ3v) is 2.48. The van der Waals surface area contributed by atoms with Crippen LogP contribution in [0.2, 0.25) is 5.15 Å². The molecule has 0 aromatic carbocycles. The zero-order valence-electron chi connectivity index (χ0n) is 9.99. The number of ether oxygens (including phenoxy) is 1. The van der Waals surface area contributed by atoms with E-state index in [1.807, 2.05) is 6.92 Å². The van der Waals surface area contributed by atoms with Crippen LogP contribution in [0.4, 0.5) is 5.69 Å². The largest absolute Gasteiger partial charge is 0.430 e. The van der Waals surface area contributed by atoms with Crippen molar-refractivity contribution in [1.29, 1.82) is 0 Å². The lowest BCUT2D eigenvalue weighted by molar-refractivity contribution is -0.386. The van der Waals surface area contributed by atoms with Crippen LogP contribution in [-0.2, 0) is 6.54 Å². The molecule has 0 fully saturated rings. The number of nitrogens with zero attached hydrogens (tertiary/aromatic N) is 5. The first-order valence-electron chi connectivity index (χ1n) is 5.47. The molecular weight excluding hydrogens is 274 g/mol. The quantitative estimate of drug-likeness (QED) is 0.475. The van der Waals surface area contributed by atoms with Gasteiger partial charge in [0.15, 0.2) is 5.75 Å². The Balaban J connectivity index is 2.27. The first-order valence-corrected chi connectivity index (χ1v) is 5.84. The van der Waals surface area contributed by atoms with E-state index in [0.29, 0.717) is 5.75 Å². The molecule has 0 N–H and O–H groups in total. The molecule has 2 aromatic rings. The molecule has 0 saturated carbocycles. The summed E-state index contributed by atoms with van der Waals surface area (Å²) in [6.45, 7) is 2.74. The van der Waals surface area contributed by atoms with E-state index in [2.05, 4.69) is 15.1 Å². The van der Waals surface area contributed by atoms with Gasteiger partial charge in [0.1, 0.15) is 6.33 Å². The molecule has 8 nitrogen and oxygen atoms in total. The van der Waals surface area contributed by atoms with Crippen molar-refractivity contribution in [3.63, 3.8) is 0 Å². The molecule has 2 aromatic heterocycles. The minimum atomic E-state index is -0.686. The average Bonchev–Trinajstić information content (AvgIpc) is 2.76. The number of hydrogen-bond acceptors (Lipinski definition) is 6. The van der Waals surface area contributed by atoms with Gasteiger partial charge in [-0.2, -0.15) is 10.1 Å². The fourth-order valence-corrected chi connectivity index (χ4v) is 1.62. The zero-order chi connectivity index (χ0) is 13.8. The maximum atomic E-state index is 10.9. The van der Waals surface area contributed by atoms with E-state index in [0.717, 1.165) is 19.3 Å². The summed E-state index contributed by atoms with van der Waals surface area (Å²) in [5.41, 5.74) is -0.465. The summed E-state index contributed by atoms with van der Waals surface area (Å²) in [7, 11) is 0. The lowest BCUT2D eigenvalue weighted by Crippen LogP contribution is -1.98. The summed E-state index contributed by atoms with van der Waals surface area (Å²) in [5, 5.41) is 14.7. The van der Waals surface area contributed by atoms with Crippen molar-refractivity contribution >= 4 is 17.3 Å². The third kappa shape index (κ3) is 2.97. The van der Waals surface area contributed by atoms with Crippen LogP contribution in [0.15, 0.2) is 18.7 Å². The lowest BCUT2D eigenvalue weighted by atomic mass is 10.5. The number of rotatable bonds is 5. The SMILES string of the molecule is CCCn1cc(Oc2ncnc(Cl)c2[N+](=O)[O-])cn1. The monoisotopic (exact) mass is 283 g/mol. The summed E-state index contributed by atoms with van der Waals surface area (Å²) in [5.74, 6) is 0.146. The summed E-state index contributed by atoms with van der Waals surface area (Å²) in [4.78, 5) is 17.5. The molecular formula is C10H10ClN5O3. The number of hydrogen-bond donors (Lipinski definition) is 0. The van der Waals surface area contributed by atoms with Crippen LogP contribution in [-0.4, -0.2) is 24.7 Å². The van der Waals surface area contributed by atoms with Crippen molar-refractivity contribution < 1.29 is 9.66 Å². The van der Waals surface area contributed by atoms with Crippen LogP contribution in [0, 0.1) is 10.1 Å². The molecule has 0 unspecified atom stereocenters. The summed E-state index contributed by atoms with van der Waals surface area (Å²) < 4.78 is 6.99. The second kappa shape index (κ2) is 5.61. The van der Waals surface area contributed by atoms with Crippen LogP contribution in [0.1, 0.15) is 13.3 Å². The van der Waals surface area contributed by atoms with Crippen molar-refractivity contribution in [3.05, 3.63) is 34.0 Å². The van der Waals surface area contributed by atoms with Gasteiger partial charge in [-0.05, 0) is 6.42 Å². The normalized spacial score (nSPS) is 10.4. The standard InChI is InChI=1S/C10H10ClN5O3/c1-2-3-15-5-7(4-14-15)19-10-8(16(17)18)9(11)12-6-13-10/h4-6H,2-3H2,1H3. The first kappa shape index (κ1) is 13.2. The van der Waals surface area contributed by atoms with Crippen molar-refractivity contribution in [3.8, 4) is 11.6 Å².